The molecule has 0 aromatic carbocycles. The van der Waals surface area contributed by atoms with Gasteiger partial charge in [0.15, 0.2) is 0 Å². The van der Waals surface area contributed by atoms with E-state index in [1.54, 1.807) is 12.5 Å². The zero-order valence-electron chi connectivity index (χ0n) is 9.83. The van der Waals surface area contributed by atoms with Crippen molar-refractivity contribution in [2.45, 2.75) is 30.4 Å². The molecule has 2 rings (SSSR count). The number of nitrogens with two attached hydrogens (primary N) is 1. The molecule has 2 aromatic heterocycles. The zero-order chi connectivity index (χ0) is 12.3. The lowest BCUT2D eigenvalue weighted by molar-refractivity contribution is 0.452. The maximum absolute atomic E-state index is 6.01. The molecule has 17 heavy (non-hydrogen) atoms. The van der Waals surface area contributed by atoms with E-state index in [0.717, 1.165) is 11.3 Å². The summed E-state index contributed by atoms with van der Waals surface area (Å²) in [6.07, 6.45) is 5.22. The average molecular weight is 249 g/mol. The van der Waals surface area contributed by atoms with Crippen LogP contribution in [0.5, 0.6) is 0 Å². The molecule has 0 saturated heterocycles. The van der Waals surface area contributed by atoms with Crippen LogP contribution in [0.25, 0.3) is 0 Å². The fraction of sp³-hybridized carbons (Fsp3) is 0.333. The van der Waals surface area contributed by atoms with Gasteiger partial charge in [-0.15, -0.1) is 0 Å². The molecule has 0 aliphatic carbocycles. The van der Waals surface area contributed by atoms with Gasteiger partial charge in [-0.2, -0.15) is 0 Å². The van der Waals surface area contributed by atoms with Crippen LogP contribution < -0.4 is 5.73 Å². The first-order valence-electron chi connectivity index (χ1n) is 5.41. The molecule has 2 heterocycles. The normalized spacial score (nSPS) is 14.5. The van der Waals surface area contributed by atoms with Crippen LogP contribution in [-0.4, -0.2) is 16.0 Å². The van der Waals surface area contributed by atoms with Crippen molar-refractivity contribution in [1.82, 2.24) is 9.97 Å². The molecule has 90 valence electrons. The Hall–Kier alpha value is -1.33. The lowest BCUT2D eigenvalue weighted by Gasteiger charge is -2.18. The van der Waals surface area contributed by atoms with E-state index in [0.29, 0.717) is 5.22 Å². The Morgan fingerprint density at radius 2 is 2.29 bits per heavy atom. The van der Waals surface area contributed by atoms with E-state index in [1.165, 1.54) is 11.8 Å². The Labute approximate surface area is 105 Å². The minimum absolute atomic E-state index is 0.00333. The lowest BCUT2D eigenvalue weighted by Crippen LogP contribution is -2.22. The number of nitrogens with zero attached hydrogens (tertiary/aromatic N) is 2. The van der Waals surface area contributed by atoms with Gasteiger partial charge < -0.3 is 10.2 Å². The molecule has 0 bridgehead atoms. The summed E-state index contributed by atoms with van der Waals surface area (Å²) in [5.41, 5.74) is 7.97. The van der Waals surface area contributed by atoms with E-state index >= 15 is 0 Å². The highest BCUT2D eigenvalue weighted by molar-refractivity contribution is 7.99. The van der Waals surface area contributed by atoms with Crippen molar-refractivity contribution in [3.8, 4) is 0 Å². The maximum Gasteiger partial charge on any atom is 0.256 e. The second-order valence-electron chi connectivity index (χ2n) is 3.94. The number of rotatable bonds is 4. The number of hydrogen-bond donors (Lipinski definition) is 1. The van der Waals surface area contributed by atoms with E-state index in [4.69, 9.17) is 10.2 Å². The first-order valence-corrected chi connectivity index (χ1v) is 6.29. The molecule has 0 aliphatic heterocycles. The molecule has 5 heteroatoms. The van der Waals surface area contributed by atoms with Crippen LogP contribution >= 0.6 is 11.8 Å². The first-order chi connectivity index (χ1) is 8.16. The Morgan fingerprint density at radius 3 is 2.82 bits per heavy atom. The minimum atomic E-state index is -0.00333. The summed E-state index contributed by atoms with van der Waals surface area (Å²) in [5, 5.41) is 0.746. The van der Waals surface area contributed by atoms with Gasteiger partial charge in [-0.3, -0.25) is 4.98 Å². The van der Waals surface area contributed by atoms with Crippen LogP contribution in [0.3, 0.4) is 0 Å². The molecule has 2 unspecified atom stereocenters. The van der Waals surface area contributed by atoms with Crippen LogP contribution in [0.4, 0.5) is 0 Å². The van der Waals surface area contributed by atoms with E-state index in [-0.39, 0.29) is 11.3 Å². The Bertz CT molecular complexity index is 470. The van der Waals surface area contributed by atoms with Crippen molar-refractivity contribution < 1.29 is 4.42 Å². The highest BCUT2D eigenvalue weighted by atomic mass is 32.2. The number of hydrogen-bond acceptors (Lipinski definition) is 5. The Morgan fingerprint density at radius 1 is 1.47 bits per heavy atom. The molecule has 0 radical (unpaired) electrons. The highest BCUT2D eigenvalue weighted by Crippen LogP contribution is 2.36. The monoisotopic (exact) mass is 249 g/mol. The van der Waals surface area contributed by atoms with E-state index < -0.39 is 0 Å². The lowest BCUT2D eigenvalue weighted by atomic mass is 10.1. The van der Waals surface area contributed by atoms with Gasteiger partial charge in [0.1, 0.15) is 6.26 Å². The van der Waals surface area contributed by atoms with Gasteiger partial charge in [-0.25, -0.2) is 4.98 Å². The second kappa shape index (κ2) is 5.33. The highest BCUT2D eigenvalue weighted by Gasteiger charge is 2.20. The van der Waals surface area contributed by atoms with E-state index in [1.807, 2.05) is 32.2 Å². The van der Waals surface area contributed by atoms with Crippen molar-refractivity contribution >= 4 is 11.8 Å². The minimum Gasteiger partial charge on any atom is -0.440 e. The van der Waals surface area contributed by atoms with Crippen LogP contribution in [0.1, 0.15) is 23.4 Å². The molecule has 2 atom stereocenters. The third-order valence-electron chi connectivity index (χ3n) is 2.32. The van der Waals surface area contributed by atoms with E-state index in [9.17, 15) is 0 Å². The third-order valence-corrected chi connectivity index (χ3v) is 3.66. The summed E-state index contributed by atoms with van der Waals surface area (Å²) in [6.45, 7) is 3.87. The molecule has 0 fully saturated rings. The van der Waals surface area contributed by atoms with Crippen LogP contribution in [-0.2, 0) is 0 Å². The standard InChI is InChI=1S/C12H15N3OS/c1-8-7-16-12(15-8)17-11(9(2)13)10-4-3-5-14-6-10/h3-7,9,11H,13H2,1-2H3. The number of aromatic nitrogens is 2. The fourth-order valence-electron chi connectivity index (χ4n) is 1.52. The molecule has 0 saturated carbocycles. The molecule has 0 aliphatic rings. The van der Waals surface area contributed by atoms with E-state index in [2.05, 4.69) is 9.97 Å². The van der Waals surface area contributed by atoms with Crippen LogP contribution in [0.15, 0.2) is 40.4 Å². The van der Waals surface area contributed by atoms with Crippen LogP contribution in [0, 0.1) is 6.92 Å². The van der Waals surface area contributed by atoms with Gasteiger partial charge in [0.2, 0.25) is 0 Å². The molecular formula is C12H15N3OS. The number of aryl methyl sites for hydroxylation is 1. The molecule has 2 aromatic rings. The smallest absolute Gasteiger partial charge is 0.256 e. The fourth-order valence-corrected chi connectivity index (χ4v) is 2.53. The summed E-state index contributed by atoms with van der Waals surface area (Å²) in [5.74, 6) is 0. The third kappa shape index (κ3) is 3.08. The van der Waals surface area contributed by atoms with Gasteiger partial charge in [0.05, 0.1) is 10.9 Å². The molecule has 2 N–H and O–H groups in total. The summed E-state index contributed by atoms with van der Waals surface area (Å²) in [6, 6.07) is 3.92. The maximum atomic E-state index is 6.01. The molecular weight excluding hydrogens is 234 g/mol. The Kier molecular flexibility index (Phi) is 3.81. The zero-order valence-corrected chi connectivity index (χ0v) is 10.6. The first kappa shape index (κ1) is 12.1. The molecule has 0 spiro atoms. The number of oxazole rings is 1. The molecule has 0 amide bonds. The predicted molar refractivity (Wildman–Crippen MR) is 67.7 cm³/mol. The summed E-state index contributed by atoms with van der Waals surface area (Å²) >= 11 is 1.53. The van der Waals surface area contributed by atoms with Gasteiger partial charge in [0, 0.05) is 18.4 Å². The average Bonchev–Trinajstić information content (AvgIpc) is 2.73. The summed E-state index contributed by atoms with van der Waals surface area (Å²) in [7, 11) is 0. The quantitative estimate of drug-likeness (QED) is 0.844. The topological polar surface area (TPSA) is 64.9 Å². The number of pyridine rings is 1. The van der Waals surface area contributed by atoms with Crippen LogP contribution in [0.2, 0.25) is 0 Å². The predicted octanol–water partition coefficient (Wildman–Crippen LogP) is 2.56. The van der Waals surface area contributed by atoms with Crippen molar-refractivity contribution in [2.24, 2.45) is 5.73 Å². The second-order valence-corrected chi connectivity index (χ2v) is 5.03. The largest absolute Gasteiger partial charge is 0.440 e. The van der Waals surface area contributed by atoms with Crippen molar-refractivity contribution in [3.05, 3.63) is 42.0 Å². The van der Waals surface area contributed by atoms with Gasteiger partial charge in [0.25, 0.3) is 5.22 Å². The van der Waals surface area contributed by atoms with Gasteiger partial charge in [-0.05, 0) is 25.5 Å². The molecule has 4 nitrogen and oxygen atoms in total. The summed E-state index contributed by atoms with van der Waals surface area (Å²) < 4.78 is 5.34. The number of thioether (sulfide) groups is 1. The van der Waals surface area contributed by atoms with Crippen molar-refractivity contribution in [3.63, 3.8) is 0 Å². The van der Waals surface area contributed by atoms with Gasteiger partial charge >= 0.3 is 0 Å². The summed E-state index contributed by atoms with van der Waals surface area (Å²) in [4.78, 5) is 8.39. The van der Waals surface area contributed by atoms with Crippen molar-refractivity contribution in [2.75, 3.05) is 0 Å². The van der Waals surface area contributed by atoms with Crippen molar-refractivity contribution in [1.29, 1.82) is 0 Å². The van der Waals surface area contributed by atoms with Gasteiger partial charge in [-0.1, -0.05) is 17.8 Å². The Balaban J connectivity index is 2.19. The SMILES string of the molecule is Cc1coc(SC(c2cccnc2)C(C)N)n1.